The van der Waals surface area contributed by atoms with E-state index in [9.17, 15) is 0 Å². The minimum Gasteiger partial charge on any atom is -0.396 e. The summed E-state index contributed by atoms with van der Waals surface area (Å²) in [7, 11) is 4.32. The van der Waals surface area contributed by atoms with Crippen LogP contribution < -0.4 is 0 Å². The summed E-state index contributed by atoms with van der Waals surface area (Å²) in [5.41, 5.74) is 0. The van der Waals surface area contributed by atoms with E-state index in [0.29, 0.717) is 6.61 Å². The fraction of sp³-hybridized carbons (Fsp3) is 0.909. The van der Waals surface area contributed by atoms with Gasteiger partial charge in [0.15, 0.2) is 0 Å². The molecule has 24 heavy (non-hydrogen) atoms. The molecule has 0 aliphatic heterocycles. The van der Waals surface area contributed by atoms with E-state index in [1.807, 2.05) is 0 Å². The Morgan fingerprint density at radius 1 is 0.542 bits per heavy atom. The number of allylic oxidation sites excluding steroid dienone is 2. The first-order valence-electron chi connectivity index (χ1n) is 10.7. The molecule has 0 atom stereocenters. The van der Waals surface area contributed by atoms with Gasteiger partial charge in [-0.2, -0.15) is 0 Å². The lowest BCUT2D eigenvalue weighted by molar-refractivity contribution is 0.282. The van der Waals surface area contributed by atoms with E-state index in [1.54, 1.807) is 0 Å². The molecule has 2 nitrogen and oxygen atoms in total. The Hall–Kier alpha value is -0.340. The van der Waals surface area contributed by atoms with Gasteiger partial charge in [-0.3, -0.25) is 0 Å². The third-order valence-electron chi connectivity index (χ3n) is 4.67. The number of hydrogen-bond acceptors (Lipinski definition) is 2. The van der Waals surface area contributed by atoms with Crippen molar-refractivity contribution in [2.45, 2.75) is 103 Å². The highest BCUT2D eigenvalue weighted by atomic mass is 16.2. The van der Waals surface area contributed by atoms with Gasteiger partial charge in [-0.15, -0.1) is 0 Å². The average molecular weight is 340 g/mol. The Balaban J connectivity index is 3.06. The van der Waals surface area contributed by atoms with Crippen LogP contribution >= 0.6 is 0 Å². The van der Waals surface area contributed by atoms with E-state index < -0.39 is 0 Å². The van der Waals surface area contributed by atoms with Crippen LogP contribution in [0, 0.1) is 0 Å². The van der Waals surface area contributed by atoms with Crippen LogP contribution in [0.2, 0.25) is 0 Å². The average Bonchev–Trinajstić information content (AvgIpc) is 2.56. The standard InChI is InChI=1S/C22H45NO/c1-23(2)21-19-17-15-13-11-9-7-5-3-4-6-8-10-12-14-16-18-20-22-24/h3,5,24H,4,6-22H2,1-2H3. The van der Waals surface area contributed by atoms with E-state index in [2.05, 4.69) is 31.1 Å². The molecule has 144 valence electrons. The summed E-state index contributed by atoms with van der Waals surface area (Å²) in [5.74, 6) is 0. The van der Waals surface area contributed by atoms with Gasteiger partial charge in [0.2, 0.25) is 0 Å². The molecule has 0 aromatic rings. The molecule has 0 aliphatic rings. The van der Waals surface area contributed by atoms with Crippen molar-refractivity contribution in [1.29, 1.82) is 0 Å². The molecule has 0 heterocycles. The highest BCUT2D eigenvalue weighted by Gasteiger charge is 1.93. The van der Waals surface area contributed by atoms with Gasteiger partial charge in [0.25, 0.3) is 0 Å². The highest BCUT2D eigenvalue weighted by molar-refractivity contribution is 4.81. The molecule has 1 N–H and O–H groups in total. The van der Waals surface area contributed by atoms with Crippen molar-refractivity contribution >= 4 is 0 Å². The fourth-order valence-corrected chi connectivity index (χ4v) is 3.07. The molecule has 0 radical (unpaired) electrons. The molecule has 0 aliphatic carbocycles. The van der Waals surface area contributed by atoms with E-state index in [1.165, 1.54) is 103 Å². The third kappa shape index (κ3) is 21.7. The van der Waals surface area contributed by atoms with Gasteiger partial charge in [-0.1, -0.05) is 76.4 Å². The summed E-state index contributed by atoms with van der Waals surface area (Å²) in [6, 6.07) is 0. The number of unbranched alkanes of at least 4 members (excludes halogenated alkanes) is 14. The van der Waals surface area contributed by atoms with Crippen LogP contribution in [0.5, 0.6) is 0 Å². The summed E-state index contributed by atoms with van der Waals surface area (Å²) < 4.78 is 0. The largest absolute Gasteiger partial charge is 0.396 e. The van der Waals surface area contributed by atoms with Gasteiger partial charge >= 0.3 is 0 Å². The number of hydrogen-bond donors (Lipinski definition) is 1. The Morgan fingerprint density at radius 2 is 0.917 bits per heavy atom. The Labute approximate surface area is 152 Å². The van der Waals surface area contributed by atoms with Crippen molar-refractivity contribution in [2.24, 2.45) is 0 Å². The Bertz CT molecular complexity index is 250. The monoisotopic (exact) mass is 339 g/mol. The summed E-state index contributed by atoms with van der Waals surface area (Å²) in [5, 5.41) is 8.71. The lowest BCUT2D eigenvalue weighted by atomic mass is 10.1. The van der Waals surface area contributed by atoms with Crippen molar-refractivity contribution in [2.75, 3.05) is 27.2 Å². The lowest BCUT2D eigenvalue weighted by Gasteiger charge is -2.08. The van der Waals surface area contributed by atoms with Crippen LogP contribution in [-0.4, -0.2) is 37.3 Å². The highest BCUT2D eigenvalue weighted by Crippen LogP contribution is 2.11. The van der Waals surface area contributed by atoms with Crippen LogP contribution in [-0.2, 0) is 0 Å². The van der Waals surface area contributed by atoms with Crippen molar-refractivity contribution in [3.8, 4) is 0 Å². The van der Waals surface area contributed by atoms with Gasteiger partial charge < -0.3 is 10.0 Å². The predicted octanol–water partition coefficient (Wildman–Crippen LogP) is 6.34. The van der Waals surface area contributed by atoms with E-state index >= 15 is 0 Å². The van der Waals surface area contributed by atoms with Crippen molar-refractivity contribution in [1.82, 2.24) is 4.90 Å². The van der Waals surface area contributed by atoms with Crippen LogP contribution in [0.15, 0.2) is 12.2 Å². The van der Waals surface area contributed by atoms with Crippen LogP contribution in [0.3, 0.4) is 0 Å². The smallest absolute Gasteiger partial charge is 0.0431 e. The summed E-state index contributed by atoms with van der Waals surface area (Å²) >= 11 is 0. The zero-order valence-electron chi connectivity index (χ0n) is 16.8. The molecule has 2 heteroatoms. The molecule has 0 rings (SSSR count). The van der Waals surface area contributed by atoms with Crippen LogP contribution in [0.1, 0.15) is 103 Å². The molecular weight excluding hydrogens is 294 g/mol. The quantitative estimate of drug-likeness (QED) is 0.219. The van der Waals surface area contributed by atoms with Gasteiger partial charge in [-0.25, -0.2) is 0 Å². The number of nitrogens with zero attached hydrogens (tertiary/aromatic N) is 1. The predicted molar refractivity (Wildman–Crippen MR) is 109 cm³/mol. The minimum atomic E-state index is 0.364. The maximum atomic E-state index is 8.71. The van der Waals surface area contributed by atoms with E-state index in [0.717, 1.165) is 6.42 Å². The lowest BCUT2D eigenvalue weighted by Crippen LogP contribution is -2.12. The maximum Gasteiger partial charge on any atom is 0.0431 e. The first-order valence-corrected chi connectivity index (χ1v) is 10.7. The molecule has 0 fully saturated rings. The maximum absolute atomic E-state index is 8.71. The molecule has 0 saturated carbocycles. The molecule has 0 spiro atoms. The van der Waals surface area contributed by atoms with Crippen LogP contribution in [0.4, 0.5) is 0 Å². The zero-order chi connectivity index (χ0) is 17.7. The van der Waals surface area contributed by atoms with Crippen LogP contribution in [0.25, 0.3) is 0 Å². The van der Waals surface area contributed by atoms with Crippen molar-refractivity contribution in [3.05, 3.63) is 12.2 Å². The van der Waals surface area contributed by atoms with E-state index in [-0.39, 0.29) is 0 Å². The van der Waals surface area contributed by atoms with Gasteiger partial charge in [-0.05, 0) is 59.2 Å². The topological polar surface area (TPSA) is 23.5 Å². The molecule has 0 aromatic heterocycles. The Morgan fingerprint density at radius 3 is 1.33 bits per heavy atom. The molecule has 0 aromatic carbocycles. The Kier molecular flexibility index (Phi) is 20.4. The summed E-state index contributed by atoms with van der Waals surface area (Å²) in [6.07, 6.45) is 26.1. The molecular formula is C22H45NO. The van der Waals surface area contributed by atoms with Gasteiger partial charge in [0.1, 0.15) is 0 Å². The van der Waals surface area contributed by atoms with Crippen molar-refractivity contribution < 1.29 is 5.11 Å². The number of aliphatic hydroxyl groups excluding tert-OH is 1. The summed E-state index contributed by atoms with van der Waals surface area (Å²) in [4.78, 5) is 2.28. The first-order chi connectivity index (χ1) is 11.8. The summed E-state index contributed by atoms with van der Waals surface area (Å²) in [6.45, 7) is 1.61. The number of aliphatic hydroxyl groups is 1. The zero-order valence-corrected chi connectivity index (χ0v) is 16.8. The molecule has 0 unspecified atom stereocenters. The minimum absolute atomic E-state index is 0.364. The third-order valence-corrected chi connectivity index (χ3v) is 4.67. The SMILES string of the molecule is CN(C)CCCCCCCCC=CCCCCCCCCCCO. The molecule has 0 bridgehead atoms. The molecule has 0 amide bonds. The second kappa shape index (κ2) is 20.7. The first kappa shape index (κ1) is 23.7. The normalized spacial score (nSPS) is 11.8. The second-order valence-corrected chi connectivity index (χ2v) is 7.53. The second-order valence-electron chi connectivity index (χ2n) is 7.53. The van der Waals surface area contributed by atoms with Crippen molar-refractivity contribution in [3.63, 3.8) is 0 Å². The fourth-order valence-electron chi connectivity index (χ4n) is 3.07. The number of rotatable bonds is 19. The van der Waals surface area contributed by atoms with E-state index in [4.69, 9.17) is 5.11 Å². The molecule has 0 saturated heterocycles. The van der Waals surface area contributed by atoms with Gasteiger partial charge in [0.05, 0.1) is 0 Å². The van der Waals surface area contributed by atoms with Gasteiger partial charge in [0, 0.05) is 6.61 Å².